The zero-order valence-electron chi connectivity index (χ0n) is 11.1. The van der Waals surface area contributed by atoms with E-state index in [9.17, 15) is 17.1 Å². The first-order valence-corrected chi connectivity index (χ1v) is 7.63. The van der Waals surface area contributed by atoms with Crippen molar-refractivity contribution in [3.05, 3.63) is 54.1 Å². The van der Waals surface area contributed by atoms with Gasteiger partial charge in [-0.25, -0.2) is 4.98 Å². The lowest BCUT2D eigenvalue weighted by Crippen LogP contribution is -2.13. The van der Waals surface area contributed by atoms with E-state index < -0.39 is 21.0 Å². The Bertz CT molecular complexity index is 933. The molecule has 0 spiro atoms. The Balaban J connectivity index is 1.88. The quantitative estimate of drug-likeness (QED) is 0.725. The molecule has 3 rings (SSSR count). The third-order valence-corrected chi connectivity index (χ3v) is 3.82. The molecule has 0 aliphatic rings. The number of halogens is 1. The number of amides is 1. The van der Waals surface area contributed by atoms with Crippen LogP contribution in [0.2, 0.25) is 0 Å². The smallest absolute Gasteiger partial charge is 0.324 e. The van der Waals surface area contributed by atoms with Crippen LogP contribution in [0.3, 0.4) is 0 Å². The first kappa shape index (κ1) is 14.2. The minimum atomic E-state index is -4.86. The van der Waals surface area contributed by atoms with Crippen molar-refractivity contribution in [1.82, 2.24) is 9.97 Å². The Hall–Kier alpha value is -2.74. The maximum absolute atomic E-state index is 13.0. The summed E-state index contributed by atoms with van der Waals surface area (Å²) in [5.74, 6) is -0.371. The molecular weight excluding hydrogens is 309 g/mol. The van der Waals surface area contributed by atoms with Crippen LogP contribution in [0.25, 0.3) is 11.0 Å². The predicted molar refractivity (Wildman–Crippen MR) is 78.8 cm³/mol. The molecule has 2 N–H and O–H groups in total. The van der Waals surface area contributed by atoms with Gasteiger partial charge in [0, 0.05) is 5.56 Å². The van der Waals surface area contributed by atoms with E-state index >= 15 is 0 Å². The van der Waals surface area contributed by atoms with Gasteiger partial charge in [0.1, 0.15) is 0 Å². The van der Waals surface area contributed by atoms with Crippen molar-refractivity contribution in [1.29, 1.82) is 0 Å². The fraction of sp³-hybridized carbons (Fsp3) is 0. The molecule has 0 bridgehead atoms. The molecule has 1 amide bonds. The summed E-state index contributed by atoms with van der Waals surface area (Å²) in [6.45, 7) is 0. The van der Waals surface area contributed by atoms with Crippen LogP contribution in [0.1, 0.15) is 10.4 Å². The summed E-state index contributed by atoms with van der Waals surface area (Å²) in [6, 6.07) is 11.9. The lowest BCUT2D eigenvalue weighted by Gasteiger charge is -2.03. The van der Waals surface area contributed by atoms with Gasteiger partial charge in [-0.3, -0.25) is 10.1 Å². The van der Waals surface area contributed by atoms with Crippen LogP contribution in [0, 0.1) is 0 Å². The zero-order valence-corrected chi connectivity index (χ0v) is 11.9. The normalized spacial score (nSPS) is 11.5. The molecule has 22 heavy (non-hydrogen) atoms. The Morgan fingerprint density at radius 3 is 2.64 bits per heavy atom. The van der Waals surface area contributed by atoms with Gasteiger partial charge in [0.25, 0.3) is 5.91 Å². The highest BCUT2D eigenvalue weighted by Crippen LogP contribution is 2.17. The van der Waals surface area contributed by atoms with Gasteiger partial charge in [0.15, 0.2) is 0 Å². The van der Waals surface area contributed by atoms with E-state index in [2.05, 4.69) is 15.3 Å². The molecule has 6 nitrogen and oxygen atoms in total. The SMILES string of the molecule is O=C(Nc1nc2ccccc2[nH]1)c1cccc(S(=O)(=O)F)c1. The van der Waals surface area contributed by atoms with Crippen molar-refractivity contribution in [2.24, 2.45) is 0 Å². The van der Waals surface area contributed by atoms with Gasteiger partial charge in [0.05, 0.1) is 15.9 Å². The number of para-hydroxylation sites is 2. The molecular formula is C14H10FN3O3S. The molecule has 112 valence electrons. The number of aromatic amines is 1. The number of nitrogens with one attached hydrogen (secondary N) is 2. The number of carbonyl (C=O) groups excluding carboxylic acids is 1. The molecule has 1 aromatic heterocycles. The molecule has 0 saturated heterocycles. The first-order chi connectivity index (χ1) is 10.4. The zero-order chi connectivity index (χ0) is 15.7. The van der Waals surface area contributed by atoms with Gasteiger partial charge >= 0.3 is 10.2 Å². The largest absolute Gasteiger partial charge is 0.332 e. The monoisotopic (exact) mass is 319 g/mol. The Kier molecular flexibility index (Phi) is 3.38. The van der Waals surface area contributed by atoms with Crippen molar-refractivity contribution < 1.29 is 17.1 Å². The van der Waals surface area contributed by atoms with Crippen LogP contribution in [-0.2, 0) is 10.2 Å². The maximum atomic E-state index is 13.0. The summed E-state index contributed by atoms with van der Waals surface area (Å²) in [6.07, 6.45) is 0. The van der Waals surface area contributed by atoms with Gasteiger partial charge in [-0.15, -0.1) is 3.89 Å². The Labute approximate surface area is 125 Å². The number of H-pyrrole nitrogens is 1. The lowest BCUT2D eigenvalue weighted by molar-refractivity contribution is 0.102. The van der Waals surface area contributed by atoms with Gasteiger partial charge in [-0.1, -0.05) is 18.2 Å². The minimum absolute atomic E-state index is 0.0131. The minimum Gasteiger partial charge on any atom is -0.324 e. The second-order valence-corrected chi connectivity index (χ2v) is 5.87. The Morgan fingerprint density at radius 2 is 1.91 bits per heavy atom. The molecule has 0 aliphatic heterocycles. The molecule has 0 fully saturated rings. The van der Waals surface area contributed by atoms with E-state index in [0.29, 0.717) is 5.52 Å². The number of carbonyl (C=O) groups is 1. The van der Waals surface area contributed by atoms with Crippen LogP contribution in [-0.4, -0.2) is 24.3 Å². The highest BCUT2D eigenvalue weighted by atomic mass is 32.3. The maximum Gasteiger partial charge on any atom is 0.332 e. The molecule has 0 atom stereocenters. The van der Waals surface area contributed by atoms with Crippen LogP contribution in [0.15, 0.2) is 53.4 Å². The summed E-state index contributed by atoms with van der Waals surface area (Å²) in [5.41, 5.74) is 1.44. The summed E-state index contributed by atoms with van der Waals surface area (Å²) in [7, 11) is -4.86. The number of fused-ring (bicyclic) bond motifs is 1. The number of rotatable bonds is 3. The molecule has 0 radical (unpaired) electrons. The van der Waals surface area contributed by atoms with E-state index in [-0.39, 0.29) is 11.5 Å². The average molecular weight is 319 g/mol. The van der Waals surface area contributed by atoms with E-state index in [0.717, 1.165) is 17.6 Å². The summed E-state index contributed by atoms with van der Waals surface area (Å²) in [4.78, 5) is 18.6. The van der Waals surface area contributed by atoms with Gasteiger partial charge in [0.2, 0.25) is 5.95 Å². The molecule has 2 aromatic carbocycles. The highest BCUT2D eigenvalue weighted by molar-refractivity contribution is 7.86. The number of hydrogen-bond acceptors (Lipinski definition) is 4. The summed E-state index contributed by atoms with van der Waals surface area (Å²) >= 11 is 0. The van der Waals surface area contributed by atoms with Crippen LogP contribution in [0.5, 0.6) is 0 Å². The van der Waals surface area contributed by atoms with Gasteiger partial charge < -0.3 is 4.98 Å². The van der Waals surface area contributed by atoms with Crippen LogP contribution >= 0.6 is 0 Å². The second kappa shape index (κ2) is 5.23. The van der Waals surface area contributed by atoms with Gasteiger partial charge in [-0.2, -0.15) is 8.42 Å². The molecule has 3 aromatic rings. The summed E-state index contributed by atoms with van der Waals surface area (Å²) in [5, 5.41) is 2.50. The predicted octanol–water partition coefficient (Wildman–Crippen LogP) is 2.47. The first-order valence-electron chi connectivity index (χ1n) is 6.24. The van der Waals surface area contributed by atoms with E-state index in [4.69, 9.17) is 0 Å². The van der Waals surface area contributed by atoms with E-state index in [1.807, 2.05) is 12.1 Å². The fourth-order valence-electron chi connectivity index (χ4n) is 1.98. The molecule has 0 unspecified atom stereocenters. The number of nitrogens with zero attached hydrogens (tertiary/aromatic N) is 1. The number of hydrogen-bond donors (Lipinski definition) is 2. The number of anilines is 1. The second-order valence-electron chi connectivity index (χ2n) is 4.52. The van der Waals surface area contributed by atoms with E-state index in [1.165, 1.54) is 12.1 Å². The third-order valence-electron chi connectivity index (χ3n) is 3.00. The lowest BCUT2D eigenvalue weighted by atomic mass is 10.2. The molecule has 8 heteroatoms. The third kappa shape index (κ3) is 2.82. The number of imidazole rings is 1. The topological polar surface area (TPSA) is 91.9 Å². The highest BCUT2D eigenvalue weighted by Gasteiger charge is 2.15. The van der Waals surface area contributed by atoms with Gasteiger partial charge in [-0.05, 0) is 30.3 Å². The summed E-state index contributed by atoms with van der Waals surface area (Å²) < 4.78 is 34.7. The van der Waals surface area contributed by atoms with Crippen molar-refractivity contribution in [2.45, 2.75) is 4.90 Å². The average Bonchev–Trinajstić information content (AvgIpc) is 2.88. The van der Waals surface area contributed by atoms with Crippen LogP contribution < -0.4 is 5.32 Å². The number of aromatic nitrogens is 2. The molecule has 1 heterocycles. The molecule has 0 saturated carbocycles. The van der Waals surface area contributed by atoms with Crippen molar-refractivity contribution in [3.63, 3.8) is 0 Å². The standard InChI is InChI=1S/C14H10FN3O3S/c15-22(20,21)10-5-3-4-9(8-10)13(19)18-14-16-11-6-1-2-7-12(11)17-14/h1-8H,(H2,16,17,18,19). The molecule has 0 aliphatic carbocycles. The van der Waals surface area contributed by atoms with E-state index in [1.54, 1.807) is 12.1 Å². The Morgan fingerprint density at radius 1 is 1.14 bits per heavy atom. The van der Waals surface area contributed by atoms with Crippen molar-refractivity contribution >= 4 is 33.1 Å². The van der Waals surface area contributed by atoms with Crippen molar-refractivity contribution in [3.8, 4) is 0 Å². The van der Waals surface area contributed by atoms with Crippen molar-refractivity contribution in [2.75, 3.05) is 5.32 Å². The fourth-order valence-corrected chi connectivity index (χ4v) is 2.49. The van der Waals surface area contributed by atoms with Crippen LogP contribution in [0.4, 0.5) is 9.83 Å². The number of benzene rings is 2.